The van der Waals surface area contributed by atoms with Crippen LogP contribution in [0.15, 0.2) is 47.5 Å². The quantitative estimate of drug-likeness (QED) is 0.0769. The van der Waals surface area contributed by atoms with Crippen LogP contribution in [0, 0.1) is 27.7 Å². The van der Waals surface area contributed by atoms with Crippen LogP contribution in [0.4, 0.5) is 28.3 Å². The second-order valence-electron chi connectivity index (χ2n) is 15.2. The van der Waals surface area contributed by atoms with E-state index in [-0.39, 0.29) is 34.8 Å². The minimum Gasteiger partial charge on any atom is -0.385 e. The molecule has 0 bridgehead atoms. The number of anilines is 5. The van der Waals surface area contributed by atoms with Gasteiger partial charge in [-0.1, -0.05) is 18.9 Å². The minimum atomic E-state index is -0.280. The van der Waals surface area contributed by atoms with E-state index in [1.54, 1.807) is 17.7 Å². The topological polar surface area (TPSA) is 179 Å². The second kappa shape index (κ2) is 17.8. The van der Waals surface area contributed by atoms with Crippen LogP contribution in [-0.2, 0) is 4.79 Å². The summed E-state index contributed by atoms with van der Waals surface area (Å²) in [5, 5.41) is 13.8. The van der Waals surface area contributed by atoms with Gasteiger partial charge >= 0.3 is 0 Å². The van der Waals surface area contributed by atoms with Gasteiger partial charge in [0, 0.05) is 73.0 Å². The highest BCUT2D eigenvalue weighted by molar-refractivity contribution is 7.15. The number of amides is 2. The Kier molecular flexibility index (Phi) is 12.4. The molecule has 4 aromatic heterocycles. The van der Waals surface area contributed by atoms with Crippen molar-refractivity contribution in [3.8, 4) is 0 Å². The zero-order valence-electron chi connectivity index (χ0n) is 33.8. The lowest BCUT2D eigenvalue weighted by atomic mass is 10.0. The lowest BCUT2D eigenvalue weighted by molar-refractivity contribution is -0.122. The van der Waals surface area contributed by atoms with Gasteiger partial charge in [0.1, 0.15) is 11.5 Å². The van der Waals surface area contributed by atoms with Crippen molar-refractivity contribution in [2.24, 2.45) is 0 Å². The lowest BCUT2D eigenvalue weighted by Gasteiger charge is -2.35. The molecule has 7 rings (SSSR count). The molecule has 1 aliphatic heterocycles. The number of ketones is 1. The van der Waals surface area contributed by atoms with Crippen molar-refractivity contribution in [2.45, 2.75) is 72.8 Å². The van der Waals surface area contributed by atoms with E-state index in [1.807, 2.05) is 57.3 Å². The fourth-order valence-corrected chi connectivity index (χ4v) is 8.52. The maximum absolute atomic E-state index is 13.5. The first-order valence-corrected chi connectivity index (χ1v) is 20.8. The van der Waals surface area contributed by atoms with Crippen molar-refractivity contribution in [3.05, 3.63) is 85.9 Å². The van der Waals surface area contributed by atoms with Gasteiger partial charge in [-0.3, -0.25) is 34.0 Å². The monoisotopic (exact) mass is 805 g/mol. The van der Waals surface area contributed by atoms with Crippen molar-refractivity contribution in [1.82, 2.24) is 34.7 Å². The predicted molar refractivity (Wildman–Crippen MR) is 229 cm³/mol. The Hall–Kier alpha value is -5.74. The standard InChI is InChI=1S/C42H51N11O4S/c1-25-11-12-30(21-33(25)39(56)50-42-47-27(3)29(5)58-42)43-15-8-16-44-36(55)24-51-17-19-52(20-18-51)32-13-14-35(45-22-32)48-41-46-23-34-26(2)37(28(4)54)40(57)53(38(34)49-41)31-9-6-7-10-31/h11-14,21-23,31,43H,6-10,15-20,24H2,1-5H3,(H,44,55)(H,47,50,56)(H,45,46,48,49). The number of hydrogen-bond acceptors (Lipinski definition) is 13. The molecule has 5 heterocycles. The number of fused-ring (bicyclic) bond motifs is 1. The number of carbonyl (C=O) groups is 3. The summed E-state index contributed by atoms with van der Waals surface area (Å²) in [6.45, 7) is 13.6. The third-order valence-corrected chi connectivity index (χ3v) is 12.1. The SMILES string of the molecule is CC(=O)c1c(C)c2cnc(Nc3ccc(N4CCN(CC(=O)NCCCNc5ccc(C)c(C(=O)Nc6nc(C)c(C)s6)c5)CC4)cn3)nc2n(C2CCCC2)c1=O. The number of nitrogens with zero attached hydrogens (tertiary/aromatic N) is 7. The number of thiazole rings is 1. The number of aryl methyl sites for hydroxylation is 4. The molecule has 2 fully saturated rings. The molecule has 16 heteroatoms. The Morgan fingerprint density at radius 2 is 1.69 bits per heavy atom. The van der Waals surface area contributed by atoms with E-state index in [0.717, 1.165) is 85.8 Å². The van der Waals surface area contributed by atoms with Crippen LogP contribution in [0.3, 0.4) is 0 Å². The highest BCUT2D eigenvalue weighted by Crippen LogP contribution is 2.32. The van der Waals surface area contributed by atoms with Crippen LogP contribution in [-0.4, -0.2) is 92.8 Å². The summed E-state index contributed by atoms with van der Waals surface area (Å²) in [6.07, 6.45) is 8.06. The molecule has 4 N–H and O–H groups in total. The molecular formula is C42H51N11O4S. The maximum Gasteiger partial charge on any atom is 0.263 e. The lowest BCUT2D eigenvalue weighted by Crippen LogP contribution is -2.49. The van der Waals surface area contributed by atoms with Gasteiger partial charge in [0.05, 0.1) is 29.7 Å². The second-order valence-corrected chi connectivity index (χ2v) is 16.4. The summed E-state index contributed by atoms with van der Waals surface area (Å²) >= 11 is 1.47. The van der Waals surface area contributed by atoms with Gasteiger partial charge in [-0.25, -0.2) is 15.0 Å². The molecule has 0 atom stereocenters. The van der Waals surface area contributed by atoms with Crippen LogP contribution < -0.4 is 31.7 Å². The minimum absolute atomic E-state index is 0.00176. The van der Waals surface area contributed by atoms with E-state index < -0.39 is 0 Å². The number of benzene rings is 1. The molecular weight excluding hydrogens is 755 g/mol. The molecule has 0 radical (unpaired) electrons. The van der Waals surface area contributed by atoms with E-state index >= 15 is 0 Å². The molecule has 15 nitrogen and oxygen atoms in total. The first kappa shape index (κ1) is 40.5. The summed E-state index contributed by atoms with van der Waals surface area (Å²) in [6, 6.07) is 9.61. The van der Waals surface area contributed by atoms with Gasteiger partial charge in [0.25, 0.3) is 11.5 Å². The van der Waals surface area contributed by atoms with E-state index in [2.05, 4.69) is 46.0 Å². The smallest absolute Gasteiger partial charge is 0.263 e. The Bertz CT molecular complexity index is 2360. The predicted octanol–water partition coefficient (Wildman–Crippen LogP) is 5.93. The first-order chi connectivity index (χ1) is 27.9. The fraction of sp³-hybridized carbons (Fsp3) is 0.429. The highest BCUT2D eigenvalue weighted by Gasteiger charge is 2.26. The first-order valence-electron chi connectivity index (χ1n) is 19.9. The number of nitrogens with one attached hydrogen (secondary N) is 4. The molecule has 2 aliphatic rings. The fourth-order valence-electron chi connectivity index (χ4n) is 7.71. The van der Waals surface area contributed by atoms with Crippen molar-refractivity contribution < 1.29 is 14.4 Å². The third-order valence-electron chi connectivity index (χ3n) is 11.1. The van der Waals surface area contributed by atoms with Crippen LogP contribution in [0.2, 0.25) is 0 Å². The van der Waals surface area contributed by atoms with E-state index in [0.29, 0.717) is 58.7 Å². The maximum atomic E-state index is 13.5. The van der Waals surface area contributed by atoms with Gasteiger partial charge < -0.3 is 20.9 Å². The Labute approximate surface area is 341 Å². The Morgan fingerprint density at radius 3 is 2.38 bits per heavy atom. The number of aromatic nitrogens is 5. The molecule has 1 aromatic carbocycles. The van der Waals surface area contributed by atoms with Crippen molar-refractivity contribution in [3.63, 3.8) is 0 Å². The third kappa shape index (κ3) is 9.18. The number of hydrogen-bond donors (Lipinski definition) is 4. The van der Waals surface area contributed by atoms with Crippen molar-refractivity contribution in [2.75, 3.05) is 66.7 Å². The van der Waals surface area contributed by atoms with E-state index in [4.69, 9.17) is 4.98 Å². The van der Waals surface area contributed by atoms with Crippen LogP contribution >= 0.6 is 11.3 Å². The van der Waals surface area contributed by atoms with Crippen LogP contribution in [0.25, 0.3) is 11.0 Å². The van der Waals surface area contributed by atoms with E-state index in [1.165, 1.54) is 18.3 Å². The number of piperazine rings is 1. The summed E-state index contributed by atoms with van der Waals surface area (Å²) in [5.41, 5.74) is 5.29. The molecule has 58 heavy (non-hydrogen) atoms. The molecule has 0 unspecified atom stereocenters. The van der Waals surface area contributed by atoms with Crippen LogP contribution in [0.1, 0.15) is 87.5 Å². The molecule has 1 saturated heterocycles. The summed E-state index contributed by atoms with van der Waals surface area (Å²) < 4.78 is 1.70. The van der Waals surface area contributed by atoms with E-state index in [9.17, 15) is 19.2 Å². The molecule has 304 valence electrons. The normalized spacial score (nSPS) is 14.8. The zero-order valence-corrected chi connectivity index (χ0v) is 34.6. The highest BCUT2D eigenvalue weighted by atomic mass is 32.1. The molecule has 2 amide bonds. The van der Waals surface area contributed by atoms with Gasteiger partial charge in [-0.2, -0.15) is 4.98 Å². The molecule has 1 saturated carbocycles. The largest absolute Gasteiger partial charge is 0.385 e. The molecule has 1 aliphatic carbocycles. The Morgan fingerprint density at radius 1 is 0.914 bits per heavy atom. The zero-order chi connectivity index (χ0) is 40.9. The van der Waals surface area contributed by atoms with Gasteiger partial charge in [-0.15, -0.1) is 11.3 Å². The van der Waals surface area contributed by atoms with Crippen molar-refractivity contribution >= 4 is 68.2 Å². The number of pyridine rings is 2. The summed E-state index contributed by atoms with van der Waals surface area (Å²) in [7, 11) is 0. The van der Waals surface area contributed by atoms with Gasteiger partial charge in [-0.05, 0) is 89.3 Å². The number of Topliss-reactive ketones (excluding diaryl/α,β-unsaturated/α-hetero) is 1. The van der Waals surface area contributed by atoms with Crippen molar-refractivity contribution in [1.29, 1.82) is 0 Å². The molecule has 0 spiro atoms. The summed E-state index contributed by atoms with van der Waals surface area (Å²) in [4.78, 5) is 75.5. The number of rotatable bonds is 14. The average Bonchev–Trinajstić information content (AvgIpc) is 3.84. The molecule has 5 aromatic rings. The average molecular weight is 806 g/mol. The Balaban J connectivity index is 0.851. The van der Waals surface area contributed by atoms with Crippen LogP contribution in [0.5, 0.6) is 0 Å². The number of carbonyl (C=O) groups excluding carboxylic acids is 3. The van der Waals surface area contributed by atoms with Gasteiger partial charge in [0.2, 0.25) is 11.9 Å². The summed E-state index contributed by atoms with van der Waals surface area (Å²) in [5.74, 6) is 0.469. The van der Waals surface area contributed by atoms with Gasteiger partial charge in [0.15, 0.2) is 10.9 Å².